The smallest absolute Gasteiger partial charge is 0.260 e. The van der Waals surface area contributed by atoms with Crippen LogP contribution in [0.3, 0.4) is 0 Å². The van der Waals surface area contributed by atoms with Crippen LogP contribution in [-0.2, 0) is 4.79 Å². The van der Waals surface area contributed by atoms with Gasteiger partial charge in [-0.2, -0.15) is 5.10 Å². The van der Waals surface area contributed by atoms with Crippen molar-refractivity contribution in [2.45, 2.75) is 47.6 Å². The average Bonchev–Trinajstić information content (AvgIpc) is 2.88. The van der Waals surface area contributed by atoms with Crippen LogP contribution in [0.25, 0.3) is 0 Å². The molecule has 0 unspecified atom stereocenters. The summed E-state index contributed by atoms with van der Waals surface area (Å²) < 4.78 is 5.84. The van der Waals surface area contributed by atoms with E-state index < -0.39 is 0 Å². The second-order valence-electron chi connectivity index (χ2n) is 6.47. The minimum Gasteiger partial charge on any atom is -0.483 e. The van der Waals surface area contributed by atoms with E-state index in [0.29, 0.717) is 0 Å². The first-order valence-corrected chi connectivity index (χ1v) is 8.20. The molecule has 5 heteroatoms. The normalized spacial score (nSPS) is 12.1. The zero-order valence-corrected chi connectivity index (χ0v) is 15.7. The van der Waals surface area contributed by atoms with E-state index in [0.717, 1.165) is 39.4 Å². The van der Waals surface area contributed by atoms with Crippen molar-refractivity contribution in [1.82, 2.24) is 15.1 Å². The van der Waals surface area contributed by atoms with Gasteiger partial charge in [0, 0.05) is 18.3 Å². The zero-order chi connectivity index (χ0) is 18.0. The number of amides is 1. The molecule has 0 aliphatic carbocycles. The lowest BCUT2D eigenvalue weighted by atomic mass is 10.1. The van der Waals surface area contributed by atoms with Gasteiger partial charge in [-0.1, -0.05) is 12.1 Å². The van der Waals surface area contributed by atoms with Crippen molar-refractivity contribution in [2.24, 2.45) is 0 Å². The van der Waals surface area contributed by atoms with Gasteiger partial charge in [0.1, 0.15) is 5.75 Å². The number of hydrogen-bond acceptors (Lipinski definition) is 3. The van der Waals surface area contributed by atoms with Crippen molar-refractivity contribution in [2.75, 3.05) is 13.7 Å². The highest BCUT2D eigenvalue weighted by molar-refractivity contribution is 5.78. The molecule has 1 heterocycles. The standard InChI is InChI=1S/C19H27N3O2/c1-11-8-9-12(2)19(13(11)3)24-10-17(23)22(7)16(6)18-14(4)20-21-15(18)5/h8-9,16H,10H2,1-7H3,(H,20,21)/t16-/m0/s1. The Balaban J connectivity index is 2.09. The number of hydrogen-bond donors (Lipinski definition) is 1. The number of aromatic nitrogens is 2. The number of H-pyrrole nitrogens is 1. The van der Waals surface area contributed by atoms with E-state index in [2.05, 4.69) is 16.3 Å². The van der Waals surface area contributed by atoms with Gasteiger partial charge < -0.3 is 9.64 Å². The number of rotatable bonds is 5. The third kappa shape index (κ3) is 3.45. The largest absolute Gasteiger partial charge is 0.483 e. The first-order valence-electron chi connectivity index (χ1n) is 8.20. The molecule has 1 amide bonds. The molecular weight excluding hydrogens is 302 g/mol. The minimum atomic E-state index is -0.0560. The lowest BCUT2D eigenvalue weighted by Crippen LogP contribution is -2.34. The minimum absolute atomic E-state index is 0.0297. The predicted molar refractivity (Wildman–Crippen MR) is 95.4 cm³/mol. The maximum Gasteiger partial charge on any atom is 0.260 e. The Morgan fingerprint density at radius 2 is 1.83 bits per heavy atom. The molecule has 0 fully saturated rings. The van der Waals surface area contributed by atoms with E-state index in [1.807, 2.05) is 47.6 Å². The van der Waals surface area contributed by atoms with Crippen molar-refractivity contribution in [3.05, 3.63) is 45.8 Å². The Morgan fingerprint density at radius 1 is 1.21 bits per heavy atom. The molecule has 0 aliphatic rings. The number of aromatic amines is 1. The predicted octanol–water partition coefficient (Wildman–Crippen LogP) is 3.55. The van der Waals surface area contributed by atoms with E-state index in [1.54, 1.807) is 11.9 Å². The Kier molecular flexibility index (Phi) is 5.32. The highest BCUT2D eigenvalue weighted by Crippen LogP contribution is 2.27. The number of carbonyl (C=O) groups is 1. The molecule has 0 aliphatic heterocycles. The van der Waals surface area contributed by atoms with Crippen LogP contribution in [0.1, 0.15) is 46.6 Å². The number of nitrogens with one attached hydrogen (secondary N) is 1. The number of nitrogens with zero attached hydrogens (tertiary/aromatic N) is 2. The second kappa shape index (κ2) is 7.07. The van der Waals surface area contributed by atoms with Crippen LogP contribution >= 0.6 is 0 Å². The molecule has 0 bridgehead atoms. The fraction of sp³-hybridized carbons (Fsp3) is 0.474. The first-order chi connectivity index (χ1) is 11.2. The molecule has 130 valence electrons. The Morgan fingerprint density at radius 3 is 2.42 bits per heavy atom. The molecule has 1 N–H and O–H groups in total. The molecule has 24 heavy (non-hydrogen) atoms. The fourth-order valence-electron chi connectivity index (χ4n) is 2.97. The topological polar surface area (TPSA) is 58.2 Å². The monoisotopic (exact) mass is 329 g/mol. The average molecular weight is 329 g/mol. The zero-order valence-electron chi connectivity index (χ0n) is 15.7. The summed E-state index contributed by atoms with van der Waals surface area (Å²) in [6, 6.07) is 4.03. The van der Waals surface area contributed by atoms with Gasteiger partial charge in [0.15, 0.2) is 6.61 Å². The summed E-state index contributed by atoms with van der Waals surface area (Å²) in [6.45, 7) is 12.0. The fourth-order valence-corrected chi connectivity index (χ4v) is 2.97. The van der Waals surface area contributed by atoms with Crippen molar-refractivity contribution in [3.8, 4) is 5.75 Å². The van der Waals surface area contributed by atoms with E-state index in [9.17, 15) is 4.79 Å². The summed E-state index contributed by atoms with van der Waals surface area (Å²) in [5, 5.41) is 7.18. The molecule has 2 aromatic rings. The van der Waals surface area contributed by atoms with Gasteiger partial charge in [-0.25, -0.2) is 0 Å². The Bertz CT molecular complexity index is 730. The van der Waals surface area contributed by atoms with Gasteiger partial charge in [0.25, 0.3) is 5.91 Å². The summed E-state index contributed by atoms with van der Waals surface area (Å²) in [6.07, 6.45) is 0. The molecule has 5 nitrogen and oxygen atoms in total. The van der Waals surface area contributed by atoms with Crippen molar-refractivity contribution < 1.29 is 9.53 Å². The quantitative estimate of drug-likeness (QED) is 0.912. The van der Waals surface area contributed by atoms with E-state index in [1.165, 1.54) is 0 Å². The number of aryl methyl sites for hydroxylation is 4. The van der Waals surface area contributed by atoms with Gasteiger partial charge in [0.2, 0.25) is 0 Å². The van der Waals surface area contributed by atoms with E-state index in [4.69, 9.17) is 4.74 Å². The molecule has 0 saturated heterocycles. The Hall–Kier alpha value is -2.30. The molecule has 1 aromatic heterocycles. The van der Waals surface area contributed by atoms with Gasteiger partial charge in [-0.3, -0.25) is 9.89 Å². The third-order valence-corrected chi connectivity index (χ3v) is 4.79. The number of ether oxygens (including phenoxy) is 1. The van der Waals surface area contributed by atoms with Gasteiger partial charge in [-0.15, -0.1) is 0 Å². The lowest BCUT2D eigenvalue weighted by Gasteiger charge is -2.26. The van der Waals surface area contributed by atoms with Gasteiger partial charge in [0.05, 0.1) is 11.7 Å². The van der Waals surface area contributed by atoms with Gasteiger partial charge >= 0.3 is 0 Å². The molecule has 2 rings (SSSR count). The number of benzene rings is 1. The van der Waals surface area contributed by atoms with Gasteiger partial charge in [-0.05, 0) is 58.2 Å². The van der Waals surface area contributed by atoms with Crippen LogP contribution in [-0.4, -0.2) is 34.7 Å². The van der Waals surface area contributed by atoms with Crippen molar-refractivity contribution >= 4 is 5.91 Å². The SMILES string of the molecule is Cc1ccc(C)c(OCC(=O)N(C)[C@@H](C)c2c(C)n[nH]c2C)c1C. The van der Waals surface area contributed by atoms with Crippen LogP contribution in [0.15, 0.2) is 12.1 Å². The summed E-state index contributed by atoms with van der Waals surface area (Å²) in [4.78, 5) is 14.3. The van der Waals surface area contributed by atoms with E-state index >= 15 is 0 Å². The molecule has 0 spiro atoms. The van der Waals surface area contributed by atoms with Crippen LogP contribution in [0.5, 0.6) is 5.75 Å². The maximum absolute atomic E-state index is 12.6. The maximum atomic E-state index is 12.6. The second-order valence-corrected chi connectivity index (χ2v) is 6.47. The van der Waals surface area contributed by atoms with Crippen LogP contribution < -0.4 is 4.74 Å². The molecular formula is C19H27N3O2. The molecule has 0 saturated carbocycles. The van der Waals surface area contributed by atoms with E-state index in [-0.39, 0.29) is 18.6 Å². The summed E-state index contributed by atoms with van der Waals surface area (Å²) in [5.74, 6) is 0.753. The molecule has 1 atom stereocenters. The summed E-state index contributed by atoms with van der Waals surface area (Å²) in [7, 11) is 1.80. The van der Waals surface area contributed by atoms with Crippen LogP contribution in [0, 0.1) is 34.6 Å². The van der Waals surface area contributed by atoms with Crippen molar-refractivity contribution in [1.29, 1.82) is 0 Å². The molecule has 1 aromatic carbocycles. The summed E-state index contributed by atoms with van der Waals surface area (Å²) >= 11 is 0. The number of carbonyl (C=O) groups excluding carboxylic acids is 1. The summed E-state index contributed by atoms with van der Waals surface area (Å²) in [5.41, 5.74) is 6.27. The Labute approximate surface area is 144 Å². The first kappa shape index (κ1) is 18.0. The highest BCUT2D eigenvalue weighted by Gasteiger charge is 2.23. The lowest BCUT2D eigenvalue weighted by molar-refractivity contribution is -0.134. The van der Waals surface area contributed by atoms with Crippen LogP contribution in [0.4, 0.5) is 0 Å². The van der Waals surface area contributed by atoms with Crippen LogP contribution in [0.2, 0.25) is 0 Å². The van der Waals surface area contributed by atoms with Crippen molar-refractivity contribution in [3.63, 3.8) is 0 Å². The third-order valence-electron chi connectivity index (χ3n) is 4.79. The molecule has 0 radical (unpaired) electrons. The highest BCUT2D eigenvalue weighted by atomic mass is 16.5. The number of likely N-dealkylation sites (N-methyl/N-ethyl adjacent to an activating group) is 1.